The van der Waals surface area contributed by atoms with Crippen molar-refractivity contribution in [1.82, 2.24) is 9.88 Å². The summed E-state index contributed by atoms with van der Waals surface area (Å²) in [6, 6.07) is 5.54. The van der Waals surface area contributed by atoms with Crippen molar-refractivity contribution in [2.45, 2.75) is 0 Å². The topological polar surface area (TPSA) is 40.0 Å². The molecule has 58 valence electrons. The first kappa shape index (κ1) is 7.72. The second-order valence-electron chi connectivity index (χ2n) is 2.46. The monoisotopic (exact) mass is 149 g/mol. The van der Waals surface area contributed by atoms with E-state index >= 15 is 0 Å². The fourth-order valence-corrected chi connectivity index (χ4v) is 0.732. The van der Waals surface area contributed by atoms with E-state index in [0.717, 1.165) is 0 Å². The maximum Gasteiger partial charge on any atom is 0.146 e. The summed E-state index contributed by atoms with van der Waals surface area (Å²) < 4.78 is 0. The summed E-state index contributed by atoms with van der Waals surface area (Å²) in [5.41, 5.74) is 0.706. The SMILES string of the molecule is CN(C)C(=N)c1ccccn1. The maximum absolute atomic E-state index is 7.55. The van der Waals surface area contributed by atoms with Crippen LogP contribution in [0.5, 0.6) is 0 Å². The van der Waals surface area contributed by atoms with E-state index in [1.807, 2.05) is 32.3 Å². The molecule has 1 heterocycles. The van der Waals surface area contributed by atoms with Crippen LogP contribution in [0.4, 0.5) is 0 Å². The van der Waals surface area contributed by atoms with Crippen molar-refractivity contribution in [1.29, 1.82) is 5.41 Å². The highest BCUT2D eigenvalue weighted by Gasteiger charge is 2.01. The zero-order chi connectivity index (χ0) is 8.27. The molecule has 0 amide bonds. The van der Waals surface area contributed by atoms with Crippen LogP contribution < -0.4 is 0 Å². The Hall–Kier alpha value is -1.38. The fraction of sp³-hybridized carbons (Fsp3) is 0.250. The minimum absolute atomic E-state index is 0.436. The van der Waals surface area contributed by atoms with Gasteiger partial charge in [-0.2, -0.15) is 0 Å². The molecule has 3 heteroatoms. The third-order valence-corrected chi connectivity index (χ3v) is 1.35. The van der Waals surface area contributed by atoms with Gasteiger partial charge in [-0.25, -0.2) is 0 Å². The first-order valence-corrected chi connectivity index (χ1v) is 3.39. The first-order valence-electron chi connectivity index (χ1n) is 3.39. The van der Waals surface area contributed by atoms with Crippen molar-refractivity contribution in [3.8, 4) is 0 Å². The molecule has 1 rings (SSSR count). The van der Waals surface area contributed by atoms with E-state index in [4.69, 9.17) is 5.41 Å². The van der Waals surface area contributed by atoms with Gasteiger partial charge in [-0.1, -0.05) is 6.07 Å². The number of nitrogens with zero attached hydrogens (tertiary/aromatic N) is 2. The van der Waals surface area contributed by atoms with Gasteiger partial charge in [0.15, 0.2) is 0 Å². The molecule has 0 aromatic carbocycles. The maximum atomic E-state index is 7.55. The fourth-order valence-electron chi connectivity index (χ4n) is 0.732. The normalized spacial score (nSPS) is 9.27. The molecule has 0 aliphatic heterocycles. The highest BCUT2D eigenvalue weighted by molar-refractivity contribution is 5.93. The molecule has 1 aromatic rings. The summed E-state index contributed by atoms with van der Waals surface area (Å²) in [6.45, 7) is 0. The highest BCUT2D eigenvalue weighted by Crippen LogP contribution is 1.95. The van der Waals surface area contributed by atoms with Crippen LogP contribution in [-0.4, -0.2) is 29.8 Å². The molecule has 0 aliphatic rings. The van der Waals surface area contributed by atoms with E-state index in [2.05, 4.69) is 4.98 Å². The van der Waals surface area contributed by atoms with Crippen molar-refractivity contribution >= 4 is 5.84 Å². The van der Waals surface area contributed by atoms with E-state index in [-0.39, 0.29) is 0 Å². The molecule has 0 fully saturated rings. The summed E-state index contributed by atoms with van der Waals surface area (Å²) in [4.78, 5) is 5.76. The van der Waals surface area contributed by atoms with Crippen LogP contribution in [0.1, 0.15) is 5.69 Å². The molecule has 1 N–H and O–H groups in total. The molecular weight excluding hydrogens is 138 g/mol. The van der Waals surface area contributed by atoms with Crippen molar-refractivity contribution < 1.29 is 0 Å². The number of pyridine rings is 1. The van der Waals surface area contributed by atoms with E-state index < -0.39 is 0 Å². The third kappa shape index (κ3) is 1.77. The zero-order valence-electron chi connectivity index (χ0n) is 6.70. The standard InChI is InChI=1S/C8H11N3/c1-11(2)8(9)7-5-3-4-6-10-7/h3-6,9H,1-2H3. The summed E-state index contributed by atoms with van der Waals surface area (Å²) in [6.07, 6.45) is 1.69. The number of nitrogens with one attached hydrogen (secondary N) is 1. The highest BCUT2D eigenvalue weighted by atomic mass is 15.1. The Morgan fingerprint density at radius 2 is 2.18 bits per heavy atom. The number of hydrogen-bond acceptors (Lipinski definition) is 2. The van der Waals surface area contributed by atoms with Gasteiger partial charge in [-0.15, -0.1) is 0 Å². The van der Waals surface area contributed by atoms with Gasteiger partial charge in [-0.05, 0) is 12.1 Å². The number of hydrogen-bond donors (Lipinski definition) is 1. The molecule has 0 spiro atoms. The molecule has 0 bridgehead atoms. The van der Waals surface area contributed by atoms with E-state index in [1.165, 1.54) is 0 Å². The van der Waals surface area contributed by atoms with Gasteiger partial charge in [0.25, 0.3) is 0 Å². The molecule has 3 nitrogen and oxygen atoms in total. The smallest absolute Gasteiger partial charge is 0.146 e. The Bertz CT molecular complexity index is 241. The molecule has 0 atom stereocenters. The lowest BCUT2D eigenvalue weighted by Gasteiger charge is -2.11. The molecule has 0 aliphatic carbocycles. The van der Waals surface area contributed by atoms with Crippen molar-refractivity contribution in [3.05, 3.63) is 30.1 Å². The Balaban J connectivity index is 2.86. The lowest BCUT2D eigenvalue weighted by atomic mass is 10.3. The van der Waals surface area contributed by atoms with E-state index in [1.54, 1.807) is 11.1 Å². The Labute approximate surface area is 66.2 Å². The predicted molar refractivity (Wildman–Crippen MR) is 44.8 cm³/mol. The Kier molecular flexibility index (Phi) is 2.21. The first-order chi connectivity index (χ1) is 5.22. The average Bonchev–Trinajstić information content (AvgIpc) is 2.05. The van der Waals surface area contributed by atoms with E-state index in [9.17, 15) is 0 Å². The van der Waals surface area contributed by atoms with Crippen LogP contribution >= 0.6 is 0 Å². The minimum atomic E-state index is 0.436. The van der Waals surface area contributed by atoms with Crippen LogP contribution in [0, 0.1) is 5.41 Å². The van der Waals surface area contributed by atoms with Gasteiger partial charge >= 0.3 is 0 Å². The zero-order valence-corrected chi connectivity index (χ0v) is 6.70. The van der Waals surface area contributed by atoms with E-state index in [0.29, 0.717) is 11.5 Å². The number of aromatic nitrogens is 1. The summed E-state index contributed by atoms with van der Waals surface area (Å²) >= 11 is 0. The second-order valence-corrected chi connectivity index (χ2v) is 2.46. The van der Waals surface area contributed by atoms with Gasteiger partial charge in [0.05, 0.1) is 0 Å². The molecule has 0 saturated carbocycles. The van der Waals surface area contributed by atoms with Crippen LogP contribution in [-0.2, 0) is 0 Å². The lowest BCUT2D eigenvalue weighted by molar-refractivity contribution is 0.616. The Morgan fingerprint density at radius 3 is 2.64 bits per heavy atom. The predicted octanol–water partition coefficient (Wildman–Crippen LogP) is 0.969. The largest absolute Gasteiger partial charge is 0.361 e. The van der Waals surface area contributed by atoms with Gasteiger partial charge in [-0.3, -0.25) is 10.4 Å². The Morgan fingerprint density at radius 1 is 1.45 bits per heavy atom. The molecule has 11 heavy (non-hydrogen) atoms. The molecular formula is C8H11N3. The average molecular weight is 149 g/mol. The van der Waals surface area contributed by atoms with Crippen molar-refractivity contribution in [2.75, 3.05) is 14.1 Å². The van der Waals surface area contributed by atoms with Crippen LogP contribution in [0.3, 0.4) is 0 Å². The summed E-state index contributed by atoms with van der Waals surface area (Å²) in [7, 11) is 3.66. The summed E-state index contributed by atoms with van der Waals surface area (Å²) in [5, 5.41) is 7.55. The number of rotatable bonds is 1. The third-order valence-electron chi connectivity index (χ3n) is 1.35. The van der Waals surface area contributed by atoms with Crippen molar-refractivity contribution in [3.63, 3.8) is 0 Å². The van der Waals surface area contributed by atoms with Gasteiger partial charge in [0, 0.05) is 20.3 Å². The summed E-state index contributed by atoms with van der Waals surface area (Å²) in [5.74, 6) is 0.436. The second kappa shape index (κ2) is 3.14. The van der Waals surface area contributed by atoms with Gasteiger partial charge < -0.3 is 4.90 Å². The van der Waals surface area contributed by atoms with Gasteiger partial charge in [0.2, 0.25) is 0 Å². The van der Waals surface area contributed by atoms with Crippen LogP contribution in [0.25, 0.3) is 0 Å². The molecule has 0 unspecified atom stereocenters. The lowest BCUT2D eigenvalue weighted by Crippen LogP contribution is -2.22. The molecule has 0 saturated heterocycles. The molecule has 0 radical (unpaired) electrons. The van der Waals surface area contributed by atoms with Crippen LogP contribution in [0.2, 0.25) is 0 Å². The van der Waals surface area contributed by atoms with Crippen LogP contribution in [0.15, 0.2) is 24.4 Å². The van der Waals surface area contributed by atoms with Gasteiger partial charge in [0.1, 0.15) is 11.5 Å². The minimum Gasteiger partial charge on any atom is -0.361 e. The van der Waals surface area contributed by atoms with Crippen molar-refractivity contribution in [2.24, 2.45) is 0 Å². The molecule has 1 aromatic heterocycles. The number of amidine groups is 1. The quantitative estimate of drug-likeness (QED) is 0.477.